The lowest BCUT2D eigenvalue weighted by Crippen LogP contribution is -2.43. The first-order valence-corrected chi connectivity index (χ1v) is 10.1. The second kappa shape index (κ2) is 11.4. The van der Waals surface area contributed by atoms with Crippen molar-refractivity contribution in [3.63, 3.8) is 0 Å². The van der Waals surface area contributed by atoms with Gasteiger partial charge in [0.2, 0.25) is 0 Å². The molecule has 0 fully saturated rings. The summed E-state index contributed by atoms with van der Waals surface area (Å²) >= 11 is 11.9. The van der Waals surface area contributed by atoms with Crippen LogP contribution in [0.25, 0.3) is 0 Å². The number of benzene rings is 1. The Labute approximate surface area is 171 Å². The zero-order valence-corrected chi connectivity index (χ0v) is 18.6. The molecule has 0 heterocycles. The van der Waals surface area contributed by atoms with Gasteiger partial charge in [-0.1, -0.05) is 23.2 Å². The zero-order valence-electron chi connectivity index (χ0n) is 14.0. The van der Waals surface area contributed by atoms with E-state index in [4.69, 9.17) is 23.2 Å². The van der Waals surface area contributed by atoms with Crippen LogP contribution in [0.5, 0.6) is 0 Å². The standard InChI is InChI=1S/C15H23Cl2N3O2S.HI/c1-11(5-7-23(3,21)22)20-15(18-2)19-6-4-12-8-13(16)10-14(17)9-12;/h8-11H,4-7H2,1-3H3,(H2,18,19,20);1H. The van der Waals surface area contributed by atoms with Crippen LogP contribution in [0.15, 0.2) is 23.2 Å². The maximum Gasteiger partial charge on any atom is 0.191 e. The number of aliphatic imine (C=N–C) groups is 1. The molecule has 1 rings (SSSR count). The normalized spacial score (nSPS) is 13.1. The minimum Gasteiger partial charge on any atom is -0.356 e. The average molecular weight is 508 g/mol. The molecule has 0 saturated heterocycles. The fraction of sp³-hybridized carbons (Fsp3) is 0.533. The number of guanidine groups is 1. The maximum absolute atomic E-state index is 11.2. The number of hydrogen-bond donors (Lipinski definition) is 2. The number of hydrogen-bond acceptors (Lipinski definition) is 3. The Hall–Kier alpha value is -0.250. The van der Waals surface area contributed by atoms with E-state index in [2.05, 4.69) is 15.6 Å². The summed E-state index contributed by atoms with van der Waals surface area (Å²) in [5, 5.41) is 7.59. The van der Waals surface area contributed by atoms with Crippen LogP contribution in [0.1, 0.15) is 18.9 Å². The van der Waals surface area contributed by atoms with Crippen molar-refractivity contribution >= 4 is 63.0 Å². The van der Waals surface area contributed by atoms with Crippen LogP contribution in [0, 0.1) is 0 Å². The lowest BCUT2D eigenvalue weighted by Gasteiger charge is -2.17. The molecule has 0 radical (unpaired) electrons. The lowest BCUT2D eigenvalue weighted by molar-refractivity contribution is 0.581. The second-order valence-corrected chi connectivity index (χ2v) is 8.62. The highest BCUT2D eigenvalue weighted by molar-refractivity contribution is 14.0. The van der Waals surface area contributed by atoms with Crippen molar-refractivity contribution in [1.29, 1.82) is 0 Å². The van der Waals surface area contributed by atoms with Gasteiger partial charge in [0.1, 0.15) is 9.84 Å². The molecule has 0 spiro atoms. The molecular formula is C15H24Cl2IN3O2S. The van der Waals surface area contributed by atoms with E-state index in [1.54, 1.807) is 13.1 Å². The molecule has 5 nitrogen and oxygen atoms in total. The van der Waals surface area contributed by atoms with Gasteiger partial charge in [-0.3, -0.25) is 4.99 Å². The van der Waals surface area contributed by atoms with Crippen molar-refractivity contribution in [1.82, 2.24) is 10.6 Å². The van der Waals surface area contributed by atoms with Crippen LogP contribution < -0.4 is 10.6 Å². The highest BCUT2D eigenvalue weighted by Gasteiger charge is 2.09. The molecule has 0 bridgehead atoms. The Morgan fingerprint density at radius 2 is 1.83 bits per heavy atom. The van der Waals surface area contributed by atoms with E-state index in [-0.39, 0.29) is 35.8 Å². The van der Waals surface area contributed by atoms with Crippen LogP contribution in [0.2, 0.25) is 10.0 Å². The Balaban J connectivity index is 0.00000529. The number of sulfone groups is 1. The maximum atomic E-state index is 11.2. The predicted octanol–water partition coefficient (Wildman–Crippen LogP) is 3.14. The Kier molecular flexibility index (Phi) is 11.3. The van der Waals surface area contributed by atoms with Gasteiger partial charge in [0.15, 0.2) is 5.96 Å². The summed E-state index contributed by atoms with van der Waals surface area (Å²) < 4.78 is 22.4. The Morgan fingerprint density at radius 3 is 2.33 bits per heavy atom. The van der Waals surface area contributed by atoms with E-state index in [1.165, 1.54) is 6.26 Å². The second-order valence-electron chi connectivity index (χ2n) is 5.49. The van der Waals surface area contributed by atoms with Crippen molar-refractivity contribution in [2.75, 3.05) is 25.6 Å². The minimum absolute atomic E-state index is 0. The van der Waals surface area contributed by atoms with Crippen LogP contribution in [0.3, 0.4) is 0 Å². The summed E-state index contributed by atoms with van der Waals surface area (Å²) in [6.07, 6.45) is 2.52. The molecule has 1 aromatic rings. The van der Waals surface area contributed by atoms with E-state index in [0.717, 1.165) is 12.0 Å². The lowest BCUT2D eigenvalue weighted by atomic mass is 10.1. The van der Waals surface area contributed by atoms with Crippen molar-refractivity contribution < 1.29 is 8.42 Å². The van der Waals surface area contributed by atoms with Gasteiger partial charge in [0, 0.05) is 35.9 Å². The first-order valence-electron chi connectivity index (χ1n) is 7.29. The molecule has 0 aliphatic carbocycles. The molecule has 1 aromatic carbocycles. The smallest absolute Gasteiger partial charge is 0.191 e. The molecular weight excluding hydrogens is 484 g/mol. The first-order chi connectivity index (χ1) is 10.7. The third-order valence-electron chi connectivity index (χ3n) is 3.16. The molecule has 0 saturated carbocycles. The minimum atomic E-state index is -2.95. The molecule has 1 unspecified atom stereocenters. The number of halogens is 3. The summed E-state index contributed by atoms with van der Waals surface area (Å²) in [6, 6.07) is 5.46. The van der Waals surface area contributed by atoms with Crippen LogP contribution in [-0.4, -0.2) is 46.0 Å². The molecule has 0 amide bonds. The van der Waals surface area contributed by atoms with Crippen LogP contribution in [0.4, 0.5) is 0 Å². The third-order valence-corrected chi connectivity index (χ3v) is 4.57. The van der Waals surface area contributed by atoms with Gasteiger partial charge in [-0.2, -0.15) is 0 Å². The number of nitrogens with one attached hydrogen (secondary N) is 2. The van der Waals surface area contributed by atoms with Crippen molar-refractivity contribution in [2.24, 2.45) is 4.99 Å². The van der Waals surface area contributed by atoms with Gasteiger partial charge in [-0.25, -0.2) is 8.42 Å². The quantitative estimate of drug-likeness (QED) is 0.338. The molecule has 9 heteroatoms. The molecule has 0 aliphatic heterocycles. The van der Waals surface area contributed by atoms with Crippen molar-refractivity contribution in [3.8, 4) is 0 Å². The molecule has 1 atom stereocenters. The first kappa shape index (κ1) is 23.8. The van der Waals surface area contributed by atoms with Crippen molar-refractivity contribution in [2.45, 2.75) is 25.8 Å². The van der Waals surface area contributed by atoms with Gasteiger partial charge in [-0.05, 0) is 43.5 Å². The van der Waals surface area contributed by atoms with Crippen molar-refractivity contribution in [3.05, 3.63) is 33.8 Å². The highest BCUT2D eigenvalue weighted by atomic mass is 127. The average Bonchev–Trinajstić information content (AvgIpc) is 2.42. The molecule has 0 aromatic heterocycles. The van der Waals surface area contributed by atoms with Gasteiger partial charge in [0.05, 0.1) is 5.75 Å². The summed E-state index contributed by atoms with van der Waals surface area (Å²) in [5.74, 6) is 0.790. The van der Waals surface area contributed by atoms with E-state index in [9.17, 15) is 8.42 Å². The summed E-state index contributed by atoms with van der Waals surface area (Å²) in [7, 11) is -1.27. The molecule has 24 heavy (non-hydrogen) atoms. The zero-order chi connectivity index (χ0) is 17.5. The summed E-state index contributed by atoms with van der Waals surface area (Å²) in [4.78, 5) is 4.13. The fourth-order valence-corrected chi connectivity index (χ4v) is 3.32. The van der Waals surface area contributed by atoms with E-state index in [1.807, 2.05) is 19.1 Å². The van der Waals surface area contributed by atoms with Crippen LogP contribution in [-0.2, 0) is 16.3 Å². The summed E-state index contributed by atoms with van der Waals surface area (Å²) in [6.45, 7) is 2.59. The van der Waals surface area contributed by atoms with Gasteiger partial charge < -0.3 is 10.6 Å². The Bertz CT molecular complexity index is 634. The SMILES string of the molecule is CN=C(NCCc1cc(Cl)cc(Cl)c1)NC(C)CCS(C)(=O)=O.I. The van der Waals surface area contributed by atoms with E-state index < -0.39 is 9.84 Å². The van der Waals surface area contributed by atoms with E-state index in [0.29, 0.717) is 29.0 Å². The van der Waals surface area contributed by atoms with Gasteiger partial charge in [-0.15, -0.1) is 24.0 Å². The van der Waals surface area contributed by atoms with Crippen LogP contribution >= 0.6 is 47.2 Å². The number of nitrogens with zero attached hydrogens (tertiary/aromatic N) is 1. The summed E-state index contributed by atoms with van der Waals surface area (Å²) in [5.41, 5.74) is 1.04. The van der Waals surface area contributed by atoms with E-state index >= 15 is 0 Å². The largest absolute Gasteiger partial charge is 0.356 e. The monoisotopic (exact) mass is 507 g/mol. The third kappa shape index (κ3) is 10.6. The predicted molar refractivity (Wildman–Crippen MR) is 114 cm³/mol. The molecule has 0 aliphatic rings. The molecule has 138 valence electrons. The Morgan fingerprint density at radius 1 is 1.25 bits per heavy atom. The number of rotatable bonds is 7. The fourth-order valence-electron chi connectivity index (χ4n) is 1.97. The topological polar surface area (TPSA) is 70.6 Å². The van der Waals surface area contributed by atoms with Gasteiger partial charge >= 0.3 is 0 Å². The van der Waals surface area contributed by atoms with Gasteiger partial charge in [0.25, 0.3) is 0 Å². The highest BCUT2D eigenvalue weighted by Crippen LogP contribution is 2.19. The molecule has 2 N–H and O–H groups in total.